The van der Waals surface area contributed by atoms with Gasteiger partial charge in [0.05, 0.1) is 25.0 Å². The van der Waals surface area contributed by atoms with E-state index in [9.17, 15) is 19.5 Å². The summed E-state index contributed by atoms with van der Waals surface area (Å²) in [6.45, 7) is 9.09. The van der Waals surface area contributed by atoms with Crippen molar-refractivity contribution in [3.8, 4) is 11.5 Å². The summed E-state index contributed by atoms with van der Waals surface area (Å²) in [6.07, 6.45) is 1.44. The van der Waals surface area contributed by atoms with Crippen LogP contribution in [-0.4, -0.2) is 48.1 Å². The van der Waals surface area contributed by atoms with Crippen molar-refractivity contribution in [2.75, 3.05) is 25.2 Å². The van der Waals surface area contributed by atoms with Gasteiger partial charge in [-0.1, -0.05) is 42.2 Å². The third-order valence-electron chi connectivity index (χ3n) is 6.16. The van der Waals surface area contributed by atoms with E-state index in [1.807, 2.05) is 6.92 Å². The molecule has 39 heavy (non-hydrogen) atoms. The zero-order chi connectivity index (χ0) is 28.3. The summed E-state index contributed by atoms with van der Waals surface area (Å²) < 4.78 is 16.3. The molecule has 0 radical (unpaired) electrons. The van der Waals surface area contributed by atoms with Gasteiger partial charge in [0, 0.05) is 11.1 Å². The molecule has 4 rings (SSSR count). The van der Waals surface area contributed by atoms with Crippen molar-refractivity contribution < 1.29 is 33.7 Å². The summed E-state index contributed by atoms with van der Waals surface area (Å²) >= 11 is 0.928. The first-order chi connectivity index (χ1) is 18.7. The second-order valence-electron chi connectivity index (χ2n) is 8.62. The molecule has 0 unspecified atom stereocenters. The minimum atomic E-state index is -1.07. The summed E-state index contributed by atoms with van der Waals surface area (Å²) in [5.41, 5.74) is 1.72. The van der Waals surface area contributed by atoms with Gasteiger partial charge >= 0.3 is 11.9 Å². The van der Waals surface area contributed by atoms with Crippen LogP contribution in [0.4, 0.5) is 5.13 Å². The fraction of sp³-hybridized carbons (Fsp3) is 0.241. The number of para-hydroxylation sites is 1. The van der Waals surface area contributed by atoms with Gasteiger partial charge in [-0.25, -0.2) is 9.78 Å². The van der Waals surface area contributed by atoms with Crippen LogP contribution in [-0.2, 0) is 14.3 Å². The fourth-order valence-corrected chi connectivity index (χ4v) is 5.35. The summed E-state index contributed by atoms with van der Waals surface area (Å²) in [5, 5.41) is 11.6. The lowest BCUT2D eigenvalue weighted by Gasteiger charge is -2.25. The van der Waals surface area contributed by atoms with E-state index >= 15 is 0 Å². The Bertz CT molecular complexity index is 1490. The molecule has 2 heterocycles. The molecule has 1 N–H and O–H groups in total. The van der Waals surface area contributed by atoms with E-state index in [1.54, 1.807) is 56.3 Å². The van der Waals surface area contributed by atoms with E-state index < -0.39 is 23.7 Å². The minimum absolute atomic E-state index is 0.0129. The van der Waals surface area contributed by atoms with Gasteiger partial charge in [0.25, 0.3) is 5.78 Å². The molecule has 0 spiro atoms. The number of aromatic nitrogens is 1. The highest BCUT2D eigenvalue weighted by molar-refractivity contribution is 7.17. The van der Waals surface area contributed by atoms with E-state index in [-0.39, 0.29) is 27.9 Å². The average Bonchev–Trinajstić information content (AvgIpc) is 3.43. The Morgan fingerprint density at radius 3 is 2.62 bits per heavy atom. The third kappa shape index (κ3) is 5.15. The van der Waals surface area contributed by atoms with Crippen molar-refractivity contribution in [1.29, 1.82) is 0 Å². The average molecular weight is 549 g/mol. The maximum Gasteiger partial charge on any atom is 0.350 e. The summed E-state index contributed by atoms with van der Waals surface area (Å²) in [5.74, 6) is -1.72. The molecule has 1 atom stereocenters. The smallest absolute Gasteiger partial charge is 0.350 e. The molecule has 0 bridgehead atoms. The highest BCUT2D eigenvalue weighted by Crippen LogP contribution is 2.46. The number of ether oxygens (including phenoxy) is 3. The van der Waals surface area contributed by atoms with Gasteiger partial charge in [0.1, 0.15) is 34.8 Å². The Morgan fingerprint density at radius 1 is 1.21 bits per heavy atom. The molecule has 0 aliphatic carbocycles. The van der Waals surface area contributed by atoms with E-state index in [2.05, 4.69) is 11.6 Å². The van der Waals surface area contributed by atoms with Crippen LogP contribution in [0, 0.1) is 13.8 Å². The van der Waals surface area contributed by atoms with Gasteiger partial charge in [-0.15, -0.1) is 0 Å². The second-order valence-corrected chi connectivity index (χ2v) is 9.60. The molecular weight excluding hydrogens is 520 g/mol. The number of carbonyl (C=O) groups is 3. The van der Waals surface area contributed by atoms with Crippen LogP contribution >= 0.6 is 11.3 Å². The number of thiazole rings is 1. The predicted molar refractivity (Wildman–Crippen MR) is 147 cm³/mol. The number of hydrogen-bond donors (Lipinski definition) is 1. The quantitative estimate of drug-likeness (QED) is 0.129. The minimum Gasteiger partial charge on any atom is -0.507 e. The summed E-state index contributed by atoms with van der Waals surface area (Å²) in [7, 11) is 1.53. The molecule has 3 aromatic rings. The van der Waals surface area contributed by atoms with Crippen LogP contribution in [0.15, 0.2) is 60.7 Å². The first kappa shape index (κ1) is 27.6. The largest absolute Gasteiger partial charge is 0.507 e. The van der Waals surface area contributed by atoms with E-state index in [4.69, 9.17) is 14.2 Å². The van der Waals surface area contributed by atoms with Crippen LogP contribution in [0.2, 0.25) is 0 Å². The Balaban J connectivity index is 1.94. The fourth-order valence-electron chi connectivity index (χ4n) is 4.37. The van der Waals surface area contributed by atoms with Gasteiger partial charge in [-0.3, -0.25) is 14.5 Å². The number of rotatable bonds is 9. The summed E-state index contributed by atoms with van der Waals surface area (Å²) in [6, 6.07) is 10.9. The lowest BCUT2D eigenvalue weighted by atomic mass is 9.93. The van der Waals surface area contributed by atoms with Crippen molar-refractivity contribution in [2.45, 2.75) is 26.8 Å². The molecule has 9 nitrogen and oxygen atoms in total. The first-order valence-electron chi connectivity index (χ1n) is 12.2. The highest BCUT2D eigenvalue weighted by Gasteiger charge is 2.49. The number of nitrogens with zero attached hydrogens (tertiary/aromatic N) is 2. The molecule has 1 aliphatic rings. The Morgan fingerprint density at radius 2 is 1.95 bits per heavy atom. The van der Waals surface area contributed by atoms with Crippen LogP contribution in [0.1, 0.15) is 45.0 Å². The molecule has 1 amide bonds. The SMILES string of the molecule is C=CCOC(=O)c1sc(N2C(=O)C(=O)C(=C(O)c3ccc(OC)cc3C)[C@H]2c2ccccc2OCC)nc1C. The Kier molecular flexibility index (Phi) is 8.15. The van der Waals surface area contributed by atoms with Crippen LogP contribution in [0.25, 0.3) is 5.76 Å². The van der Waals surface area contributed by atoms with Crippen LogP contribution < -0.4 is 14.4 Å². The number of aliphatic hydroxyl groups is 1. The standard InChI is InChI=1S/C29H28N2O7S/c1-6-14-38-28(35)26-17(4)30-29(39-26)31-23(20-10-8-9-11-21(20)37-7-2)22(25(33)27(31)34)24(32)19-13-12-18(36-5)15-16(19)3/h6,8-13,15,23,32H,1,7,14H2,2-5H3/t23-/m1/s1. The maximum absolute atomic E-state index is 13.6. The number of aryl methyl sites for hydroxylation is 2. The molecule has 2 aromatic carbocycles. The van der Waals surface area contributed by atoms with Crippen LogP contribution in [0.3, 0.4) is 0 Å². The molecule has 1 saturated heterocycles. The third-order valence-corrected chi connectivity index (χ3v) is 7.29. The van der Waals surface area contributed by atoms with Crippen molar-refractivity contribution >= 4 is 39.9 Å². The van der Waals surface area contributed by atoms with E-state index in [0.717, 1.165) is 11.3 Å². The van der Waals surface area contributed by atoms with Gasteiger partial charge in [-0.2, -0.15) is 0 Å². The number of anilines is 1. The van der Waals surface area contributed by atoms with Gasteiger partial charge < -0.3 is 19.3 Å². The Hall–Kier alpha value is -4.44. The van der Waals surface area contributed by atoms with Crippen molar-refractivity contribution in [2.24, 2.45) is 0 Å². The van der Waals surface area contributed by atoms with Gasteiger partial charge in [-0.05, 0) is 50.6 Å². The van der Waals surface area contributed by atoms with Crippen molar-refractivity contribution in [3.63, 3.8) is 0 Å². The normalized spacial score (nSPS) is 16.3. The van der Waals surface area contributed by atoms with Crippen molar-refractivity contribution in [3.05, 3.63) is 88.0 Å². The second kappa shape index (κ2) is 11.5. The Labute approximate surface area is 230 Å². The maximum atomic E-state index is 13.6. The number of Topliss-reactive ketones (excluding diaryl/α,β-unsaturated/α-hetero) is 1. The number of aliphatic hydroxyl groups excluding tert-OH is 1. The number of benzene rings is 2. The predicted octanol–water partition coefficient (Wildman–Crippen LogP) is 5.14. The lowest BCUT2D eigenvalue weighted by Crippen LogP contribution is -2.29. The first-order valence-corrected chi connectivity index (χ1v) is 13.0. The number of methoxy groups -OCH3 is 1. The van der Waals surface area contributed by atoms with Gasteiger partial charge in [0.2, 0.25) is 0 Å². The monoisotopic (exact) mass is 548 g/mol. The van der Waals surface area contributed by atoms with Gasteiger partial charge in [0.15, 0.2) is 5.13 Å². The highest BCUT2D eigenvalue weighted by atomic mass is 32.1. The number of esters is 1. The topological polar surface area (TPSA) is 115 Å². The molecule has 10 heteroatoms. The molecule has 1 fully saturated rings. The molecule has 202 valence electrons. The van der Waals surface area contributed by atoms with E-state index in [0.29, 0.717) is 40.5 Å². The van der Waals surface area contributed by atoms with E-state index in [1.165, 1.54) is 18.1 Å². The number of hydrogen-bond acceptors (Lipinski definition) is 9. The summed E-state index contributed by atoms with van der Waals surface area (Å²) in [4.78, 5) is 45.5. The van der Waals surface area contributed by atoms with Crippen molar-refractivity contribution in [1.82, 2.24) is 4.98 Å². The molecular formula is C29H28N2O7S. The number of ketones is 1. The zero-order valence-electron chi connectivity index (χ0n) is 22.0. The van der Waals surface area contributed by atoms with Crippen LogP contribution in [0.5, 0.6) is 11.5 Å². The molecule has 1 aliphatic heterocycles. The molecule has 1 aromatic heterocycles. The molecule has 0 saturated carbocycles. The lowest BCUT2D eigenvalue weighted by molar-refractivity contribution is -0.132. The number of amides is 1. The zero-order valence-corrected chi connectivity index (χ0v) is 22.8. The number of carbonyl (C=O) groups excluding carboxylic acids is 3.